The Labute approximate surface area is 159 Å². The summed E-state index contributed by atoms with van der Waals surface area (Å²) in [6.45, 7) is 4.67. The predicted octanol–water partition coefficient (Wildman–Crippen LogP) is 4.43. The molecule has 1 amide bonds. The van der Waals surface area contributed by atoms with Crippen LogP contribution in [0.4, 0.5) is 0 Å². The van der Waals surface area contributed by atoms with Gasteiger partial charge in [0, 0.05) is 18.1 Å². The molecule has 136 valence electrons. The Hall–Kier alpha value is -2.46. The van der Waals surface area contributed by atoms with Gasteiger partial charge in [-0.2, -0.15) is 0 Å². The Morgan fingerprint density at radius 3 is 2.58 bits per heavy atom. The van der Waals surface area contributed by atoms with Crippen molar-refractivity contribution in [1.29, 1.82) is 0 Å². The number of hydrogen-bond acceptors (Lipinski definition) is 3. The van der Waals surface area contributed by atoms with Crippen molar-refractivity contribution >= 4 is 23.1 Å². The Kier molecular flexibility index (Phi) is 5.23. The van der Waals surface area contributed by atoms with Crippen LogP contribution in [0.25, 0.3) is 5.57 Å². The highest BCUT2D eigenvalue weighted by Crippen LogP contribution is 2.28. The molecule has 0 unspecified atom stereocenters. The van der Waals surface area contributed by atoms with E-state index in [9.17, 15) is 4.79 Å². The van der Waals surface area contributed by atoms with Crippen molar-refractivity contribution in [3.8, 4) is 11.5 Å². The van der Waals surface area contributed by atoms with Gasteiger partial charge in [0.25, 0.3) is 5.91 Å². The summed E-state index contributed by atoms with van der Waals surface area (Å²) in [5.74, 6) is 1.32. The monoisotopic (exact) mass is 371 g/mol. The zero-order valence-electron chi connectivity index (χ0n) is 15.2. The Morgan fingerprint density at radius 2 is 1.85 bits per heavy atom. The molecule has 0 saturated heterocycles. The van der Waals surface area contributed by atoms with Gasteiger partial charge in [-0.05, 0) is 55.3 Å². The minimum atomic E-state index is -0.984. The number of carbonyl (C=O) groups is 1. The smallest absolute Gasteiger partial charge is 0.266 e. The fraction of sp³-hybridized carbons (Fsp3) is 0.286. The lowest BCUT2D eigenvalue weighted by atomic mass is 10.1. The van der Waals surface area contributed by atoms with Crippen molar-refractivity contribution in [2.24, 2.45) is 0 Å². The molecule has 0 bridgehead atoms. The number of halogens is 1. The van der Waals surface area contributed by atoms with Gasteiger partial charge in [-0.25, -0.2) is 0 Å². The van der Waals surface area contributed by atoms with E-state index in [1.165, 1.54) is 0 Å². The van der Waals surface area contributed by atoms with Gasteiger partial charge in [-0.3, -0.25) is 4.79 Å². The van der Waals surface area contributed by atoms with Crippen LogP contribution in [0.15, 0.2) is 54.6 Å². The molecule has 1 aliphatic heterocycles. The molecule has 1 aliphatic rings. The highest BCUT2D eigenvalue weighted by molar-refractivity contribution is 6.30. The molecule has 0 fully saturated rings. The minimum absolute atomic E-state index is 0.0633. The fourth-order valence-electron chi connectivity index (χ4n) is 2.99. The highest BCUT2D eigenvalue weighted by atomic mass is 35.5. The molecular weight excluding hydrogens is 350 g/mol. The largest absolute Gasteiger partial charge is 0.497 e. The van der Waals surface area contributed by atoms with Crippen molar-refractivity contribution in [3.05, 3.63) is 65.2 Å². The maximum absolute atomic E-state index is 13.0. The number of methoxy groups -OCH3 is 1. The zero-order valence-corrected chi connectivity index (χ0v) is 15.9. The summed E-state index contributed by atoms with van der Waals surface area (Å²) >= 11 is 6.00. The van der Waals surface area contributed by atoms with Gasteiger partial charge >= 0.3 is 0 Å². The molecule has 1 heterocycles. The second kappa shape index (κ2) is 7.42. The summed E-state index contributed by atoms with van der Waals surface area (Å²) in [6, 6.07) is 14.9. The number of hydrogen-bond donors (Lipinski definition) is 0. The van der Waals surface area contributed by atoms with E-state index in [-0.39, 0.29) is 5.91 Å². The van der Waals surface area contributed by atoms with E-state index < -0.39 is 5.60 Å². The average Bonchev–Trinajstić information content (AvgIpc) is 3.10. The molecule has 3 rings (SSSR count). The van der Waals surface area contributed by atoms with Gasteiger partial charge in [-0.1, -0.05) is 35.9 Å². The number of carbonyl (C=O) groups excluding carboxylic acids is 1. The molecular formula is C21H22ClNO3. The summed E-state index contributed by atoms with van der Waals surface area (Å²) in [5, 5.41) is 0.578. The Balaban J connectivity index is 1.69. The second-order valence-corrected chi connectivity index (χ2v) is 7.15. The average molecular weight is 372 g/mol. The molecule has 0 aromatic heterocycles. The molecule has 5 heteroatoms. The van der Waals surface area contributed by atoms with Gasteiger partial charge in [0.15, 0.2) is 5.60 Å². The zero-order chi connectivity index (χ0) is 18.7. The van der Waals surface area contributed by atoms with Crippen LogP contribution in [0.2, 0.25) is 5.02 Å². The van der Waals surface area contributed by atoms with Gasteiger partial charge < -0.3 is 14.4 Å². The summed E-state index contributed by atoms with van der Waals surface area (Å²) in [5.41, 5.74) is 1.19. The van der Waals surface area contributed by atoms with Crippen molar-refractivity contribution in [2.75, 3.05) is 20.2 Å². The number of rotatable bonds is 5. The maximum Gasteiger partial charge on any atom is 0.266 e. The molecule has 0 saturated carbocycles. The topological polar surface area (TPSA) is 38.8 Å². The van der Waals surface area contributed by atoms with Crippen LogP contribution in [0.5, 0.6) is 11.5 Å². The summed E-state index contributed by atoms with van der Waals surface area (Å²) in [7, 11) is 1.65. The lowest BCUT2D eigenvalue weighted by Gasteiger charge is -2.30. The highest BCUT2D eigenvalue weighted by Gasteiger charge is 2.36. The quantitative estimate of drug-likeness (QED) is 0.780. The van der Waals surface area contributed by atoms with E-state index in [0.29, 0.717) is 23.9 Å². The number of amides is 1. The molecule has 4 nitrogen and oxygen atoms in total. The SMILES string of the molecule is COc1cccc(C2=CCN(C(=O)C(C)(C)Oc3cccc(Cl)c3)C2)c1. The van der Waals surface area contributed by atoms with Crippen molar-refractivity contribution in [2.45, 2.75) is 19.4 Å². The molecule has 0 N–H and O–H groups in total. The molecule has 0 radical (unpaired) electrons. The first-order valence-electron chi connectivity index (χ1n) is 8.46. The van der Waals surface area contributed by atoms with Gasteiger partial charge in [-0.15, -0.1) is 0 Å². The third-order valence-corrected chi connectivity index (χ3v) is 4.57. The van der Waals surface area contributed by atoms with Crippen molar-refractivity contribution in [3.63, 3.8) is 0 Å². The van der Waals surface area contributed by atoms with Crippen LogP contribution in [0, 0.1) is 0 Å². The van der Waals surface area contributed by atoms with E-state index in [2.05, 4.69) is 6.08 Å². The van der Waals surface area contributed by atoms with Crippen LogP contribution < -0.4 is 9.47 Å². The maximum atomic E-state index is 13.0. The molecule has 0 aliphatic carbocycles. The lowest BCUT2D eigenvalue weighted by Crippen LogP contribution is -2.48. The van der Waals surface area contributed by atoms with E-state index in [1.54, 1.807) is 50.1 Å². The molecule has 0 spiro atoms. The summed E-state index contributed by atoms with van der Waals surface area (Å²) < 4.78 is 11.2. The Morgan fingerprint density at radius 1 is 1.12 bits per heavy atom. The molecule has 2 aromatic carbocycles. The van der Waals surface area contributed by atoms with Crippen LogP contribution in [0.1, 0.15) is 19.4 Å². The molecule has 0 atom stereocenters. The minimum Gasteiger partial charge on any atom is -0.497 e. The van der Waals surface area contributed by atoms with E-state index in [1.807, 2.05) is 24.3 Å². The third kappa shape index (κ3) is 4.02. The standard InChI is InChI=1S/C21H22ClNO3/c1-21(2,26-19-9-5-7-17(22)13-19)20(24)23-11-10-16(14-23)15-6-4-8-18(12-15)25-3/h4-10,12-13H,11,14H2,1-3H3. The van der Waals surface area contributed by atoms with Gasteiger partial charge in [0.1, 0.15) is 11.5 Å². The van der Waals surface area contributed by atoms with Crippen LogP contribution in [-0.4, -0.2) is 36.6 Å². The second-order valence-electron chi connectivity index (χ2n) is 6.72. The molecule has 26 heavy (non-hydrogen) atoms. The van der Waals surface area contributed by atoms with Crippen LogP contribution in [0.3, 0.4) is 0 Å². The number of ether oxygens (including phenoxy) is 2. The molecule has 2 aromatic rings. The summed E-state index contributed by atoms with van der Waals surface area (Å²) in [6.07, 6.45) is 2.07. The first-order chi connectivity index (χ1) is 12.4. The Bertz CT molecular complexity index is 845. The fourth-order valence-corrected chi connectivity index (χ4v) is 3.17. The van der Waals surface area contributed by atoms with E-state index in [4.69, 9.17) is 21.1 Å². The van der Waals surface area contributed by atoms with Crippen molar-refractivity contribution < 1.29 is 14.3 Å². The van der Waals surface area contributed by atoms with Gasteiger partial charge in [0.05, 0.1) is 7.11 Å². The third-order valence-electron chi connectivity index (χ3n) is 4.33. The van der Waals surface area contributed by atoms with E-state index in [0.717, 1.165) is 16.9 Å². The lowest BCUT2D eigenvalue weighted by molar-refractivity contribution is -0.143. The summed E-state index contributed by atoms with van der Waals surface area (Å²) in [4.78, 5) is 14.8. The first kappa shape index (κ1) is 18.3. The van der Waals surface area contributed by atoms with E-state index >= 15 is 0 Å². The van der Waals surface area contributed by atoms with Crippen molar-refractivity contribution in [1.82, 2.24) is 4.90 Å². The van der Waals surface area contributed by atoms with Crippen LogP contribution >= 0.6 is 11.6 Å². The number of nitrogens with zero attached hydrogens (tertiary/aromatic N) is 1. The first-order valence-corrected chi connectivity index (χ1v) is 8.84. The normalized spacial score (nSPS) is 14.2. The van der Waals surface area contributed by atoms with Crippen LogP contribution in [-0.2, 0) is 4.79 Å². The predicted molar refractivity (Wildman–Crippen MR) is 104 cm³/mol. The number of benzene rings is 2. The van der Waals surface area contributed by atoms with Gasteiger partial charge in [0.2, 0.25) is 0 Å².